The van der Waals surface area contributed by atoms with Crippen molar-refractivity contribution in [2.24, 2.45) is 0 Å². The summed E-state index contributed by atoms with van der Waals surface area (Å²) in [7, 11) is 0. The third kappa shape index (κ3) is 4.46. The van der Waals surface area contributed by atoms with Gasteiger partial charge in [0.2, 0.25) is 5.91 Å². The third-order valence-corrected chi connectivity index (χ3v) is 7.12. The molecule has 0 aliphatic heterocycles. The van der Waals surface area contributed by atoms with Gasteiger partial charge in [-0.05, 0) is 40.6 Å². The Kier molecular flexibility index (Phi) is 5.62. The van der Waals surface area contributed by atoms with Crippen molar-refractivity contribution in [2.45, 2.75) is 31.8 Å². The smallest absolute Gasteiger partial charge is 0.227 e. The summed E-state index contributed by atoms with van der Waals surface area (Å²) in [5.74, 6) is 0.0330. The zero-order valence-electron chi connectivity index (χ0n) is 16.6. The molecule has 0 bridgehead atoms. The van der Waals surface area contributed by atoms with E-state index in [4.69, 9.17) is 0 Å². The van der Waals surface area contributed by atoms with E-state index in [1.807, 2.05) is 22.9 Å². The maximum atomic E-state index is 12.6. The van der Waals surface area contributed by atoms with Crippen LogP contribution in [-0.2, 0) is 11.3 Å². The minimum absolute atomic E-state index is 0.0330. The lowest BCUT2D eigenvalue weighted by atomic mass is 10.0. The van der Waals surface area contributed by atoms with Gasteiger partial charge >= 0.3 is 0 Å². The molecule has 2 heterocycles. The fourth-order valence-electron chi connectivity index (χ4n) is 3.78. The van der Waals surface area contributed by atoms with E-state index in [-0.39, 0.29) is 5.91 Å². The molecule has 1 N–H and O–H groups in total. The van der Waals surface area contributed by atoms with Crippen molar-refractivity contribution >= 4 is 44.5 Å². The highest BCUT2D eigenvalue weighted by atomic mass is 32.1. The highest BCUT2D eigenvalue weighted by Gasteiger charge is 2.29. The number of aromatic nitrogens is 1. The van der Waals surface area contributed by atoms with Gasteiger partial charge in [0.1, 0.15) is 0 Å². The molecule has 2 aromatic heterocycles. The Labute approximate surface area is 184 Å². The quantitative estimate of drug-likeness (QED) is 0.370. The number of anilines is 1. The highest BCUT2D eigenvalue weighted by Crippen LogP contribution is 2.31. The molecule has 0 radical (unpaired) electrons. The number of hydrogen-bond donors (Lipinski definition) is 1. The van der Waals surface area contributed by atoms with Crippen molar-refractivity contribution in [3.63, 3.8) is 0 Å². The molecule has 0 atom stereocenters. The third-order valence-electron chi connectivity index (χ3n) is 5.47. The normalized spacial score (nSPS) is 13.8. The fourth-order valence-corrected chi connectivity index (χ4v) is 5.26. The number of nitrogens with one attached hydrogen (secondary N) is 1. The summed E-state index contributed by atoms with van der Waals surface area (Å²) in [6.07, 6.45) is 2.93. The number of amides is 1. The summed E-state index contributed by atoms with van der Waals surface area (Å²) < 4.78 is 0. The Balaban J connectivity index is 1.21. The first-order chi connectivity index (χ1) is 14.8. The van der Waals surface area contributed by atoms with Crippen molar-refractivity contribution in [1.29, 1.82) is 0 Å². The summed E-state index contributed by atoms with van der Waals surface area (Å²) in [6, 6.07) is 19.7. The van der Waals surface area contributed by atoms with Gasteiger partial charge < -0.3 is 5.32 Å². The number of carbonyl (C=O) groups is 1. The fraction of sp³-hybridized carbons (Fsp3) is 0.250. The van der Waals surface area contributed by atoms with Crippen LogP contribution in [-0.4, -0.2) is 28.4 Å². The molecule has 152 valence electrons. The van der Waals surface area contributed by atoms with Gasteiger partial charge in [-0.3, -0.25) is 9.69 Å². The molecule has 6 heteroatoms. The maximum Gasteiger partial charge on any atom is 0.227 e. The molecule has 1 amide bonds. The number of thiazole rings is 1. The van der Waals surface area contributed by atoms with Crippen LogP contribution >= 0.6 is 22.7 Å². The zero-order valence-corrected chi connectivity index (χ0v) is 18.2. The van der Waals surface area contributed by atoms with Crippen molar-refractivity contribution in [3.8, 4) is 10.6 Å². The maximum absolute atomic E-state index is 12.6. The van der Waals surface area contributed by atoms with Crippen molar-refractivity contribution < 1.29 is 4.79 Å². The molecule has 1 aliphatic rings. The van der Waals surface area contributed by atoms with Gasteiger partial charge in [-0.25, -0.2) is 4.98 Å². The van der Waals surface area contributed by atoms with Crippen LogP contribution in [0.5, 0.6) is 0 Å². The van der Waals surface area contributed by atoms with Crippen LogP contribution in [0.2, 0.25) is 0 Å². The van der Waals surface area contributed by atoms with Crippen LogP contribution in [0.25, 0.3) is 21.3 Å². The molecule has 4 aromatic rings. The average molecular weight is 434 g/mol. The first-order valence-electron chi connectivity index (χ1n) is 10.3. The lowest BCUT2D eigenvalue weighted by molar-refractivity contribution is -0.116. The summed E-state index contributed by atoms with van der Waals surface area (Å²) >= 11 is 3.14. The van der Waals surface area contributed by atoms with Crippen LogP contribution in [0.4, 0.5) is 5.13 Å². The summed E-state index contributed by atoms with van der Waals surface area (Å²) in [5, 5.41) is 10.3. The van der Waals surface area contributed by atoms with E-state index >= 15 is 0 Å². The van der Waals surface area contributed by atoms with Crippen LogP contribution < -0.4 is 5.32 Å². The largest absolute Gasteiger partial charge is 0.302 e. The monoisotopic (exact) mass is 433 g/mol. The summed E-state index contributed by atoms with van der Waals surface area (Å²) in [4.78, 5) is 20.7. The lowest BCUT2D eigenvalue weighted by Gasteiger charge is -2.22. The molecule has 1 aliphatic carbocycles. The first kappa shape index (κ1) is 19.4. The molecule has 30 heavy (non-hydrogen) atoms. The van der Waals surface area contributed by atoms with Gasteiger partial charge in [0, 0.05) is 30.9 Å². The number of nitrogens with zero attached hydrogens (tertiary/aromatic N) is 2. The number of benzene rings is 2. The standard InChI is InChI=1S/C24H23N3OS2/c28-23(26-24-25-21(16-30-24)22-9-4-14-29-22)12-13-27(19-10-11-19)15-18-7-3-6-17-5-1-2-8-20(17)18/h1-9,14,16,19H,10-13,15H2,(H,25,26,28). The Morgan fingerprint density at radius 3 is 2.77 bits per heavy atom. The molecule has 1 saturated carbocycles. The van der Waals surface area contributed by atoms with Gasteiger partial charge in [0.05, 0.1) is 10.6 Å². The van der Waals surface area contributed by atoms with E-state index in [0.29, 0.717) is 17.6 Å². The Bertz CT molecular complexity index is 1140. The summed E-state index contributed by atoms with van der Waals surface area (Å²) in [6.45, 7) is 1.65. The predicted octanol–water partition coefficient (Wildman–Crippen LogP) is 6.02. The Morgan fingerprint density at radius 2 is 1.93 bits per heavy atom. The van der Waals surface area contributed by atoms with E-state index < -0.39 is 0 Å². The number of hydrogen-bond acceptors (Lipinski definition) is 5. The molecular weight excluding hydrogens is 410 g/mol. The second-order valence-corrected chi connectivity index (χ2v) is 9.46. The molecule has 1 fully saturated rings. The van der Waals surface area contributed by atoms with Gasteiger partial charge in [-0.2, -0.15) is 0 Å². The SMILES string of the molecule is O=C(CCN(Cc1cccc2ccccc12)C1CC1)Nc1nc(-c2cccs2)cs1. The van der Waals surface area contributed by atoms with Crippen molar-refractivity contribution in [3.05, 3.63) is 70.9 Å². The topological polar surface area (TPSA) is 45.2 Å². The highest BCUT2D eigenvalue weighted by molar-refractivity contribution is 7.16. The van der Waals surface area contributed by atoms with E-state index in [1.165, 1.54) is 40.5 Å². The molecule has 0 spiro atoms. The van der Waals surface area contributed by atoms with Crippen LogP contribution in [0, 0.1) is 0 Å². The van der Waals surface area contributed by atoms with E-state index in [0.717, 1.165) is 23.7 Å². The number of carbonyl (C=O) groups excluding carboxylic acids is 1. The number of rotatable bonds is 8. The van der Waals surface area contributed by atoms with Gasteiger partial charge in [0.15, 0.2) is 5.13 Å². The number of thiophene rings is 1. The van der Waals surface area contributed by atoms with Gasteiger partial charge in [0.25, 0.3) is 0 Å². The average Bonchev–Trinajstić information content (AvgIpc) is 3.26. The predicted molar refractivity (Wildman–Crippen MR) is 126 cm³/mol. The molecule has 4 nitrogen and oxygen atoms in total. The second kappa shape index (κ2) is 8.68. The van der Waals surface area contributed by atoms with Crippen molar-refractivity contribution in [1.82, 2.24) is 9.88 Å². The first-order valence-corrected chi connectivity index (χ1v) is 12.0. The van der Waals surface area contributed by atoms with Gasteiger partial charge in [-0.15, -0.1) is 22.7 Å². The molecule has 0 unspecified atom stereocenters. The molecule has 0 saturated heterocycles. The van der Waals surface area contributed by atoms with E-state index in [1.54, 1.807) is 11.3 Å². The van der Waals surface area contributed by atoms with Crippen LogP contribution in [0.3, 0.4) is 0 Å². The number of fused-ring (bicyclic) bond motifs is 1. The molecular formula is C24H23N3OS2. The van der Waals surface area contributed by atoms with E-state index in [9.17, 15) is 4.79 Å². The molecule has 5 rings (SSSR count). The molecule has 2 aromatic carbocycles. The Hall–Kier alpha value is -2.54. The zero-order chi connectivity index (χ0) is 20.3. The second-order valence-electron chi connectivity index (χ2n) is 7.65. The van der Waals surface area contributed by atoms with E-state index in [2.05, 4.69) is 57.7 Å². The Morgan fingerprint density at radius 1 is 1.07 bits per heavy atom. The minimum Gasteiger partial charge on any atom is -0.302 e. The minimum atomic E-state index is 0.0330. The van der Waals surface area contributed by atoms with Crippen molar-refractivity contribution in [2.75, 3.05) is 11.9 Å². The van der Waals surface area contributed by atoms with Gasteiger partial charge in [-0.1, -0.05) is 48.5 Å². The summed E-state index contributed by atoms with van der Waals surface area (Å²) in [5.41, 5.74) is 2.27. The van der Waals surface area contributed by atoms with Crippen LogP contribution in [0.15, 0.2) is 65.4 Å². The van der Waals surface area contributed by atoms with Crippen LogP contribution in [0.1, 0.15) is 24.8 Å². The lowest BCUT2D eigenvalue weighted by Crippen LogP contribution is -2.29.